The number of benzene rings is 1. The molecule has 2 rings (SSSR count). The van der Waals surface area contributed by atoms with Crippen LogP contribution in [0.25, 0.3) is 10.9 Å². The van der Waals surface area contributed by atoms with Gasteiger partial charge in [0.05, 0.1) is 22.2 Å². The maximum Gasteiger partial charge on any atom is 0.336 e. The molecular formula is C11H10FNO2. The molecule has 0 fully saturated rings. The van der Waals surface area contributed by atoms with E-state index < -0.39 is 11.8 Å². The van der Waals surface area contributed by atoms with Gasteiger partial charge in [-0.2, -0.15) is 0 Å². The third-order valence-electron chi connectivity index (χ3n) is 2.67. The lowest BCUT2D eigenvalue weighted by molar-refractivity contribution is 0.0699. The number of fused-ring (bicyclic) bond motifs is 1. The van der Waals surface area contributed by atoms with Crippen LogP contribution in [0.3, 0.4) is 0 Å². The molecule has 4 heteroatoms. The first-order valence-corrected chi connectivity index (χ1v) is 4.51. The Morgan fingerprint density at radius 3 is 2.73 bits per heavy atom. The lowest BCUT2D eigenvalue weighted by Crippen LogP contribution is -1.97. The number of aryl methyl sites for hydroxylation is 1. The van der Waals surface area contributed by atoms with Crippen molar-refractivity contribution in [2.24, 2.45) is 7.05 Å². The van der Waals surface area contributed by atoms with Crippen molar-refractivity contribution in [2.75, 3.05) is 0 Å². The topological polar surface area (TPSA) is 42.2 Å². The summed E-state index contributed by atoms with van der Waals surface area (Å²) in [6, 6.07) is 4.73. The van der Waals surface area contributed by atoms with Gasteiger partial charge in [-0.15, -0.1) is 0 Å². The van der Waals surface area contributed by atoms with E-state index in [4.69, 9.17) is 5.11 Å². The van der Waals surface area contributed by atoms with Gasteiger partial charge in [-0.05, 0) is 19.1 Å². The Labute approximate surface area is 85.7 Å². The van der Waals surface area contributed by atoms with E-state index in [0.717, 1.165) is 0 Å². The fourth-order valence-corrected chi connectivity index (χ4v) is 1.74. The molecule has 0 saturated heterocycles. The Morgan fingerprint density at radius 1 is 1.47 bits per heavy atom. The second kappa shape index (κ2) is 3.08. The second-order valence-corrected chi connectivity index (χ2v) is 3.46. The lowest BCUT2D eigenvalue weighted by Gasteiger charge is -1.99. The van der Waals surface area contributed by atoms with Crippen LogP contribution in [0, 0.1) is 12.7 Å². The molecule has 0 spiro atoms. The van der Waals surface area contributed by atoms with Crippen LogP contribution in [0.15, 0.2) is 18.2 Å². The van der Waals surface area contributed by atoms with Gasteiger partial charge in [0, 0.05) is 7.05 Å². The van der Waals surface area contributed by atoms with Gasteiger partial charge in [-0.3, -0.25) is 0 Å². The summed E-state index contributed by atoms with van der Waals surface area (Å²) in [5, 5.41) is 9.12. The molecule has 0 aliphatic carbocycles. The molecule has 0 amide bonds. The van der Waals surface area contributed by atoms with Crippen molar-refractivity contribution >= 4 is 16.9 Å². The van der Waals surface area contributed by atoms with Crippen LogP contribution in [0.2, 0.25) is 0 Å². The SMILES string of the molecule is Cc1c(F)c2c(C(=O)O)cccc2n1C. The van der Waals surface area contributed by atoms with Crippen molar-refractivity contribution in [3.05, 3.63) is 35.3 Å². The number of carboxylic acid groups (broad SMARTS) is 1. The number of rotatable bonds is 1. The quantitative estimate of drug-likeness (QED) is 0.779. The summed E-state index contributed by atoms with van der Waals surface area (Å²) in [5.41, 5.74) is 1.05. The van der Waals surface area contributed by atoms with E-state index in [1.807, 2.05) is 0 Å². The fourth-order valence-electron chi connectivity index (χ4n) is 1.74. The maximum atomic E-state index is 13.8. The average molecular weight is 207 g/mol. The number of hydrogen-bond donors (Lipinski definition) is 1. The zero-order valence-corrected chi connectivity index (χ0v) is 8.41. The highest BCUT2D eigenvalue weighted by Crippen LogP contribution is 2.26. The predicted molar refractivity (Wildman–Crippen MR) is 54.6 cm³/mol. The van der Waals surface area contributed by atoms with Crippen molar-refractivity contribution in [1.82, 2.24) is 4.57 Å². The van der Waals surface area contributed by atoms with Crippen LogP contribution in [-0.4, -0.2) is 15.6 Å². The molecule has 15 heavy (non-hydrogen) atoms. The maximum absolute atomic E-state index is 13.8. The number of carbonyl (C=O) groups is 1. The third kappa shape index (κ3) is 1.21. The number of halogens is 1. The van der Waals surface area contributed by atoms with Gasteiger partial charge in [0.25, 0.3) is 0 Å². The first-order valence-electron chi connectivity index (χ1n) is 4.51. The second-order valence-electron chi connectivity index (χ2n) is 3.46. The third-order valence-corrected chi connectivity index (χ3v) is 2.67. The summed E-state index contributed by atoms with van der Waals surface area (Å²) in [6.07, 6.45) is 0. The first-order chi connectivity index (χ1) is 7.04. The number of nitrogens with zero attached hydrogens (tertiary/aromatic N) is 1. The van der Waals surface area contributed by atoms with Crippen molar-refractivity contribution in [3.8, 4) is 0 Å². The average Bonchev–Trinajstić information content (AvgIpc) is 2.44. The zero-order valence-electron chi connectivity index (χ0n) is 8.41. The molecule has 1 aromatic heterocycles. The molecule has 2 aromatic rings. The van der Waals surface area contributed by atoms with Crippen molar-refractivity contribution in [1.29, 1.82) is 0 Å². The summed E-state index contributed by atoms with van der Waals surface area (Å²) in [4.78, 5) is 10.9. The van der Waals surface area contributed by atoms with Crippen LogP contribution in [0.1, 0.15) is 16.1 Å². The van der Waals surface area contributed by atoms with E-state index in [-0.39, 0.29) is 10.9 Å². The van der Waals surface area contributed by atoms with Crippen LogP contribution < -0.4 is 0 Å². The van der Waals surface area contributed by atoms with Crippen LogP contribution >= 0.6 is 0 Å². The number of aromatic nitrogens is 1. The van der Waals surface area contributed by atoms with Gasteiger partial charge in [0.2, 0.25) is 0 Å². The summed E-state index contributed by atoms with van der Waals surface area (Å²) >= 11 is 0. The molecule has 1 N–H and O–H groups in total. The van der Waals surface area contributed by atoms with Crippen LogP contribution in [0.4, 0.5) is 4.39 Å². The summed E-state index contributed by atoms with van der Waals surface area (Å²) in [6.45, 7) is 1.63. The Hall–Kier alpha value is -1.84. The Bertz CT molecular complexity index is 557. The normalized spacial score (nSPS) is 10.9. The molecule has 1 aromatic carbocycles. The predicted octanol–water partition coefficient (Wildman–Crippen LogP) is 2.32. The van der Waals surface area contributed by atoms with Crippen LogP contribution in [0.5, 0.6) is 0 Å². The van der Waals surface area contributed by atoms with Gasteiger partial charge in [0.15, 0.2) is 5.82 Å². The summed E-state index contributed by atoms with van der Waals surface area (Å²) in [7, 11) is 1.71. The Balaban J connectivity index is 2.98. The van der Waals surface area contributed by atoms with Crippen molar-refractivity contribution in [3.63, 3.8) is 0 Å². The Morgan fingerprint density at radius 2 is 2.13 bits per heavy atom. The van der Waals surface area contributed by atoms with Crippen molar-refractivity contribution < 1.29 is 14.3 Å². The molecule has 0 atom stereocenters. The molecule has 0 saturated carbocycles. The number of hydrogen-bond acceptors (Lipinski definition) is 1. The standard InChI is InChI=1S/C11H10FNO2/c1-6-10(12)9-7(11(14)15)4-3-5-8(9)13(6)2/h3-5H,1-2H3,(H,14,15). The van der Waals surface area contributed by atoms with E-state index in [0.29, 0.717) is 11.2 Å². The molecule has 0 aliphatic heterocycles. The van der Waals surface area contributed by atoms with Crippen LogP contribution in [-0.2, 0) is 7.05 Å². The number of carboxylic acids is 1. The van der Waals surface area contributed by atoms with Gasteiger partial charge < -0.3 is 9.67 Å². The molecule has 1 heterocycles. The highest BCUT2D eigenvalue weighted by atomic mass is 19.1. The van der Waals surface area contributed by atoms with E-state index in [1.54, 1.807) is 30.7 Å². The van der Waals surface area contributed by atoms with Gasteiger partial charge in [-0.1, -0.05) is 6.07 Å². The summed E-state index contributed by atoms with van der Waals surface area (Å²) < 4.78 is 15.4. The van der Waals surface area contributed by atoms with E-state index in [2.05, 4.69) is 0 Å². The highest BCUT2D eigenvalue weighted by Gasteiger charge is 2.17. The first kappa shape index (κ1) is 9.71. The van der Waals surface area contributed by atoms with Gasteiger partial charge in [-0.25, -0.2) is 9.18 Å². The van der Waals surface area contributed by atoms with E-state index in [9.17, 15) is 9.18 Å². The molecular weight excluding hydrogens is 197 g/mol. The largest absolute Gasteiger partial charge is 0.478 e. The molecule has 0 bridgehead atoms. The molecule has 0 radical (unpaired) electrons. The van der Waals surface area contributed by atoms with Crippen molar-refractivity contribution in [2.45, 2.75) is 6.92 Å². The fraction of sp³-hybridized carbons (Fsp3) is 0.182. The molecule has 0 aliphatic rings. The smallest absolute Gasteiger partial charge is 0.336 e. The van der Waals surface area contributed by atoms with E-state index >= 15 is 0 Å². The minimum absolute atomic E-state index is 0.00806. The number of aromatic carboxylic acids is 1. The van der Waals surface area contributed by atoms with Gasteiger partial charge in [0.1, 0.15) is 0 Å². The zero-order chi connectivity index (χ0) is 11.2. The highest BCUT2D eigenvalue weighted by molar-refractivity contribution is 6.03. The Kier molecular flexibility index (Phi) is 2.00. The monoisotopic (exact) mass is 207 g/mol. The minimum atomic E-state index is -1.11. The van der Waals surface area contributed by atoms with E-state index in [1.165, 1.54) is 6.07 Å². The molecule has 78 valence electrons. The van der Waals surface area contributed by atoms with Gasteiger partial charge >= 0.3 is 5.97 Å². The lowest BCUT2D eigenvalue weighted by atomic mass is 10.1. The molecule has 0 unspecified atom stereocenters. The minimum Gasteiger partial charge on any atom is -0.478 e. The molecule has 3 nitrogen and oxygen atoms in total. The summed E-state index contributed by atoms with van der Waals surface area (Å²) in [5.74, 6) is -1.56.